The molecule has 1 aromatic rings. The van der Waals surface area contributed by atoms with E-state index < -0.39 is 0 Å². The Morgan fingerprint density at radius 3 is 2.32 bits per heavy atom. The summed E-state index contributed by atoms with van der Waals surface area (Å²) >= 11 is 0.0903. The molecule has 1 fully saturated rings. The first-order valence-electron chi connectivity index (χ1n) is 6.63. The molecule has 1 aromatic carbocycles. The molecule has 1 heterocycles. The van der Waals surface area contributed by atoms with Crippen LogP contribution >= 0.6 is 0 Å². The second-order valence-corrected chi connectivity index (χ2v) is 7.47. The summed E-state index contributed by atoms with van der Waals surface area (Å²) in [6, 6.07) is 10.5. The van der Waals surface area contributed by atoms with E-state index in [-0.39, 0.29) is 37.8 Å². The van der Waals surface area contributed by atoms with Crippen molar-refractivity contribution in [1.82, 2.24) is 4.90 Å². The first-order chi connectivity index (χ1) is 9.00. The third-order valence-corrected chi connectivity index (χ3v) is 5.44. The van der Waals surface area contributed by atoms with Gasteiger partial charge in [-0.15, -0.1) is 0 Å². The number of hydrogen-bond donors (Lipinski definition) is 0. The Hall–Kier alpha value is -1.12. The van der Waals surface area contributed by atoms with Crippen LogP contribution in [0.4, 0.5) is 0 Å². The Morgan fingerprint density at radius 2 is 1.79 bits per heavy atom. The van der Waals surface area contributed by atoms with E-state index in [2.05, 4.69) is 32.7 Å². The molecule has 0 aromatic heterocycles. The SMILES string of the molecule is CC(C)N=C1[Se]C(c2ccccc2)C(=O)N1C(C)C. The van der Waals surface area contributed by atoms with Gasteiger partial charge in [-0.25, -0.2) is 0 Å². The Kier molecular flexibility index (Phi) is 4.43. The zero-order valence-corrected chi connectivity index (χ0v) is 13.5. The number of carbonyl (C=O) groups excluding carboxylic acids is 1. The van der Waals surface area contributed by atoms with Crippen LogP contribution < -0.4 is 0 Å². The predicted molar refractivity (Wildman–Crippen MR) is 79.5 cm³/mol. The minimum absolute atomic E-state index is 0.00593. The molecule has 0 spiro atoms. The summed E-state index contributed by atoms with van der Waals surface area (Å²) in [5.74, 6) is 0.209. The summed E-state index contributed by atoms with van der Waals surface area (Å²) in [6.45, 7) is 8.22. The monoisotopic (exact) mass is 324 g/mol. The molecule has 4 heteroatoms. The van der Waals surface area contributed by atoms with Crippen molar-refractivity contribution < 1.29 is 4.79 Å². The Balaban J connectivity index is 2.33. The summed E-state index contributed by atoms with van der Waals surface area (Å²) in [7, 11) is 0. The third kappa shape index (κ3) is 3.07. The zero-order chi connectivity index (χ0) is 14.0. The Bertz CT molecular complexity index is 482. The third-order valence-electron chi connectivity index (χ3n) is 2.88. The molecular formula is C15H20N2OSe. The van der Waals surface area contributed by atoms with Crippen molar-refractivity contribution in [1.29, 1.82) is 0 Å². The van der Waals surface area contributed by atoms with E-state index in [1.165, 1.54) is 0 Å². The quantitative estimate of drug-likeness (QED) is 0.787. The van der Waals surface area contributed by atoms with Gasteiger partial charge in [0.05, 0.1) is 0 Å². The molecule has 0 N–H and O–H groups in total. The van der Waals surface area contributed by atoms with Crippen molar-refractivity contribution in [2.45, 2.75) is 44.6 Å². The van der Waals surface area contributed by atoms with Crippen molar-refractivity contribution in [2.24, 2.45) is 4.99 Å². The number of amides is 1. The summed E-state index contributed by atoms with van der Waals surface area (Å²) in [5.41, 5.74) is 1.12. The molecule has 1 aliphatic heterocycles. The van der Waals surface area contributed by atoms with Gasteiger partial charge in [-0.1, -0.05) is 0 Å². The molecule has 1 saturated heterocycles. The first kappa shape index (κ1) is 14.3. The molecule has 1 aliphatic rings. The van der Waals surface area contributed by atoms with Crippen LogP contribution in [0.15, 0.2) is 35.3 Å². The molecule has 1 atom stereocenters. The number of hydrogen-bond acceptors (Lipinski definition) is 2. The van der Waals surface area contributed by atoms with E-state index in [9.17, 15) is 4.79 Å². The van der Waals surface area contributed by atoms with Gasteiger partial charge >= 0.3 is 121 Å². The fourth-order valence-corrected chi connectivity index (χ4v) is 5.01. The maximum absolute atomic E-state index is 12.6. The molecule has 1 amide bonds. The molecule has 1 unspecified atom stereocenters. The molecule has 3 nitrogen and oxygen atoms in total. The minimum atomic E-state index is -0.00593. The Labute approximate surface area is 121 Å². The van der Waals surface area contributed by atoms with Gasteiger partial charge in [0.2, 0.25) is 0 Å². The van der Waals surface area contributed by atoms with Crippen LogP contribution in [0.1, 0.15) is 38.1 Å². The second-order valence-electron chi connectivity index (χ2n) is 5.22. The number of benzene rings is 1. The van der Waals surface area contributed by atoms with Gasteiger partial charge < -0.3 is 0 Å². The molecule has 0 radical (unpaired) electrons. The number of aliphatic imine (C=N–C) groups is 1. The van der Waals surface area contributed by atoms with Gasteiger partial charge in [0, 0.05) is 0 Å². The summed E-state index contributed by atoms with van der Waals surface area (Å²) in [6.07, 6.45) is 0. The Morgan fingerprint density at radius 1 is 1.16 bits per heavy atom. The molecule has 0 bridgehead atoms. The molecule has 2 rings (SSSR count). The van der Waals surface area contributed by atoms with E-state index in [0.29, 0.717) is 0 Å². The molecule has 102 valence electrons. The summed E-state index contributed by atoms with van der Waals surface area (Å²) in [5, 5.41) is 0. The van der Waals surface area contributed by atoms with Crippen LogP contribution in [0, 0.1) is 0 Å². The summed E-state index contributed by atoms with van der Waals surface area (Å²) in [4.78, 5) is 19.1. The van der Waals surface area contributed by atoms with Crippen LogP contribution in [0.5, 0.6) is 0 Å². The molecule has 0 aliphatic carbocycles. The van der Waals surface area contributed by atoms with Gasteiger partial charge in [0.15, 0.2) is 0 Å². The van der Waals surface area contributed by atoms with E-state index in [4.69, 9.17) is 0 Å². The van der Waals surface area contributed by atoms with Gasteiger partial charge in [0.25, 0.3) is 0 Å². The standard InChI is InChI=1S/C15H20N2OSe/c1-10(2)16-15-17(11(3)4)14(18)13(19-15)12-8-6-5-7-9-12/h5-11,13H,1-4H3. The summed E-state index contributed by atoms with van der Waals surface area (Å²) < 4.78 is 0.997. The van der Waals surface area contributed by atoms with Crippen molar-refractivity contribution in [2.75, 3.05) is 0 Å². The van der Waals surface area contributed by atoms with Crippen LogP contribution in [-0.4, -0.2) is 42.6 Å². The van der Waals surface area contributed by atoms with Crippen molar-refractivity contribution >= 4 is 25.6 Å². The van der Waals surface area contributed by atoms with Gasteiger partial charge in [0.1, 0.15) is 0 Å². The topological polar surface area (TPSA) is 32.7 Å². The number of nitrogens with zero attached hydrogens (tertiary/aromatic N) is 2. The van der Waals surface area contributed by atoms with Crippen LogP contribution in [-0.2, 0) is 4.79 Å². The number of rotatable bonds is 3. The van der Waals surface area contributed by atoms with E-state index in [0.717, 1.165) is 10.3 Å². The predicted octanol–water partition coefficient (Wildman–Crippen LogP) is 2.45. The van der Waals surface area contributed by atoms with Crippen molar-refractivity contribution in [3.63, 3.8) is 0 Å². The second kappa shape index (κ2) is 5.89. The zero-order valence-electron chi connectivity index (χ0n) is 11.8. The fourth-order valence-electron chi connectivity index (χ4n) is 2.06. The van der Waals surface area contributed by atoms with Crippen molar-refractivity contribution in [3.05, 3.63) is 35.9 Å². The fraction of sp³-hybridized carbons (Fsp3) is 0.467. The molecule has 19 heavy (non-hydrogen) atoms. The normalized spacial score (nSPS) is 22.0. The number of carbonyl (C=O) groups is 1. The first-order valence-corrected chi connectivity index (χ1v) is 8.47. The van der Waals surface area contributed by atoms with Gasteiger partial charge in [-0.2, -0.15) is 0 Å². The van der Waals surface area contributed by atoms with Gasteiger partial charge in [-0.05, 0) is 0 Å². The molecule has 0 saturated carbocycles. The van der Waals surface area contributed by atoms with E-state index >= 15 is 0 Å². The average molecular weight is 323 g/mol. The van der Waals surface area contributed by atoms with Crippen LogP contribution in [0.2, 0.25) is 0 Å². The van der Waals surface area contributed by atoms with E-state index in [1.807, 2.05) is 35.2 Å². The van der Waals surface area contributed by atoms with Crippen molar-refractivity contribution in [3.8, 4) is 0 Å². The average Bonchev–Trinajstić information content (AvgIpc) is 2.66. The van der Waals surface area contributed by atoms with Gasteiger partial charge in [-0.3, -0.25) is 0 Å². The maximum atomic E-state index is 12.6. The molecular weight excluding hydrogens is 303 g/mol. The van der Waals surface area contributed by atoms with Crippen LogP contribution in [0.3, 0.4) is 0 Å². The van der Waals surface area contributed by atoms with E-state index in [1.54, 1.807) is 0 Å². The van der Waals surface area contributed by atoms with Crippen LogP contribution in [0.25, 0.3) is 0 Å². The number of amidine groups is 1.